The maximum absolute atomic E-state index is 12.5. The van der Waals surface area contributed by atoms with Crippen LogP contribution >= 0.6 is 0 Å². The van der Waals surface area contributed by atoms with Gasteiger partial charge in [0.05, 0.1) is 20.5 Å². The van der Waals surface area contributed by atoms with E-state index in [2.05, 4.69) is 29.3 Å². The van der Waals surface area contributed by atoms with Crippen molar-refractivity contribution in [3.8, 4) is 0 Å². The zero-order valence-corrected chi connectivity index (χ0v) is 23.3. The first kappa shape index (κ1) is 25.2. The van der Waals surface area contributed by atoms with Gasteiger partial charge in [0.1, 0.15) is 0 Å². The number of fused-ring (bicyclic) bond motifs is 1. The summed E-state index contributed by atoms with van der Waals surface area (Å²) in [6.45, 7) is 4.18. The van der Waals surface area contributed by atoms with E-state index >= 15 is 0 Å². The number of nitrogens with one attached hydrogen (secondary N) is 1. The molecule has 2 saturated heterocycles. The molecule has 2 heterocycles. The van der Waals surface area contributed by atoms with Crippen LogP contribution in [0.4, 0.5) is 5.69 Å². The van der Waals surface area contributed by atoms with Crippen LogP contribution in [0.15, 0.2) is 30.0 Å². The van der Waals surface area contributed by atoms with Crippen molar-refractivity contribution in [1.82, 2.24) is 4.90 Å². The second-order valence-corrected chi connectivity index (χ2v) is 10.7. The normalized spacial score (nSPS) is 25.8. The number of aldehydes is 1. The van der Waals surface area contributed by atoms with Crippen LogP contribution in [-0.4, -0.2) is 82.3 Å². The Morgan fingerprint density at radius 3 is 2.81 bits per heavy atom. The summed E-state index contributed by atoms with van der Waals surface area (Å²) in [6, 6.07) is 6.70. The quantitative estimate of drug-likeness (QED) is 0.140. The molecule has 2 aliphatic heterocycles. The third kappa shape index (κ3) is 5.55. The molecule has 173 valence electrons. The molecule has 3 rings (SSSR count). The molecule has 1 aromatic carbocycles. The minimum atomic E-state index is -0.304. The number of carbonyl (C=O) groups is 2. The van der Waals surface area contributed by atoms with E-state index in [1.807, 2.05) is 6.07 Å². The van der Waals surface area contributed by atoms with Gasteiger partial charge in [-0.2, -0.15) is 0 Å². The second kappa shape index (κ2) is 12.2. The number of carbonyl (C=O) groups excluding carboxylic acids is 2. The van der Waals surface area contributed by atoms with Crippen LogP contribution in [-0.2, 0) is 20.7 Å². The van der Waals surface area contributed by atoms with Crippen molar-refractivity contribution in [2.75, 3.05) is 32.6 Å². The zero-order chi connectivity index (χ0) is 23.1. The number of methoxy groups -OCH3 is 2. The minimum absolute atomic E-state index is 0.0987. The molecule has 0 aliphatic carbocycles. The monoisotopic (exact) mass is 635 g/mol. The molecule has 32 heavy (non-hydrogen) atoms. The van der Waals surface area contributed by atoms with Crippen molar-refractivity contribution in [3.05, 3.63) is 41.2 Å². The van der Waals surface area contributed by atoms with Crippen molar-refractivity contribution in [1.29, 1.82) is 0 Å². The minimum Gasteiger partial charge on any atom is -0.504 e. The summed E-state index contributed by atoms with van der Waals surface area (Å²) in [6.07, 6.45) is 7.56. The van der Waals surface area contributed by atoms with Gasteiger partial charge < -0.3 is 9.47 Å². The molecule has 0 spiro atoms. The molecular weight excluding hydrogens is 599 g/mol. The molecule has 0 amide bonds. The maximum atomic E-state index is 12.5. The number of benzene rings is 1. The average Bonchev–Trinajstić information content (AvgIpc) is 3.21. The fraction of sp³-hybridized carbons (Fsp3) is 0.600. The van der Waals surface area contributed by atoms with E-state index in [4.69, 9.17) is 9.47 Å². The molecule has 1 N–H and O–H groups in total. The predicted molar refractivity (Wildman–Crippen MR) is 127 cm³/mol. The van der Waals surface area contributed by atoms with E-state index in [1.54, 1.807) is 13.4 Å². The molecule has 2 aliphatic rings. The molecule has 1 aromatic rings. The average molecular weight is 635 g/mol. The fourth-order valence-electron chi connectivity index (χ4n) is 5.41. The van der Waals surface area contributed by atoms with E-state index in [9.17, 15) is 9.59 Å². The fourth-order valence-corrected chi connectivity index (χ4v) is 6.10. The Kier molecular flexibility index (Phi) is 9.58. The Hall–Kier alpha value is -1.42. The number of hydrogen-bond acceptors (Lipinski definition) is 6. The van der Waals surface area contributed by atoms with Crippen molar-refractivity contribution >= 4 is 43.7 Å². The number of ether oxygens (including phenoxy) is 2. The summed E-state index contributed by atoms with van der Waals surface area (Å²) in [5.74, 6) is 0.180. The summed E-state index contributed by atoms with van der Waals surface area (Å²) in [7, 11) is 3.00. The summed E-state index contributed by atoms with van der Waals surface area (Å²) >= 11 is 1.19. The standard InChI is InChI=1S/C25H35N2O4.Pb/c1-5-8-18-9-7-10-22(20(18)15-28)26-23-11-12-27-14-17(6-2)19(13-24(23)27)21(16-30-3)25(29)31-4;/h7,9-10,15-17,19,23-24,26H,1,5-6,8,11-14H2,2-4H3;/b21-16+;. The van der Waals surface area contributed by atoms with Crippen LogP contribution in [0.2, 0.25) is 3.98 Å². The van der Waals surface area contributed by atoms with Crippen LogP contribution in [0.5, 0.6) is 0 Å². The number of aryl methyl sites for hydroxylation is 1. The molecule has 4 atom stereocenters. The predicted octanol–water partition coefficient (Wildman–Crippen LogP) is 3.62. The van der Waals surface area contributed by atoms with E-state index in [1.165, 1.54) is 36.9 Å². The Morgan fingerprint density at radius 2 is 2.16 bits per heavy atom. The molecular formula is C25H35N2O4Pb. The van der Waals surface area contributed by atoms with Crippen LogP contribution in [0.1, 0.15) is 48.5 Å². The van der Waals surface area contributed by atoms with Crippen LogP contribution in [0, 0.1) is 11.8 Å². The molecule has 7 heteroatoms. The number of esters is 1. The molecule has 6 nitrogen and oxygen atoms in total. The first-order valence-corrected chi connectivity index (χ1v) is 14.4. The molecule has 0 saturated carbocycles. The number of piperidine rings is 1. The third-order valence-electron chi connectivity index (χ3n) is 7.06. The van der Waals surface area contributed by atoms with Crippen molar-refractivity contribution < 1.29 is 19.1 Å². The Labute approximate surface area is 207 Å². The van der Waals surface area contributed by atoms with Crippen molar-refractivity contribution in [2.24, 2.45) is 11.8 Å². The Bertz CT molecular complexity index is 828. The number of anilines is 1. The Morgan fingerprint density at radius 1 is 1.34 bits per heavy atom. The van der Waals surface area contributed by atoms with Gasteiger partial charge in [0, 0.05) is 0 Å². The molecule has 0 bridgehead atoms. The number of nitrogens with zero attached hydrogens (tertiary/aromatic N) is 1. The van der Waals surface area contributed by atoms with Crippen LogP contribution in [0.3, 0.4) is 0 Å². The van der Waals surface area contributed by atoms with E-state index in [0.29, 0.717) is 17.5 Å². The van der Waals surface area contributed by atoms with Gasteiger partial charge in [-0.05, 0) is 0 Å². The van der Waals surface area contributed by atoms with E-state index in [-0.39, 0.29) is 17.9 Å². The zero-order valence-electron chi connectivity index (χ0n) is 19.4. The second-order valence-electron chi connectivity index (χ2n) is 8.76. The van der Waals surface area contributed by atoms with Crippen molar-refractivity contribution in [2.45, 2.75) is 55.1 Å². The number of hydrogen-bond donors (Lipinski definition) is 1. The van der Waals surface area contributed by atoms with Gasteiger partial charge >= 0.3 is 160 Å². The topological polar surface area (TPSA) is 67.9 Å². The van der Waals surface area contributed by atoms with Gasteiger partial charge in [-0.15, -0.1) is 0 Å². The first-order valence-electron chi connectivity index (χ1n) is 11.6. The number of rotatable bonds is 10. The Balaban J connectivity index is 1.83. The van der Waals surface area contributed by atoms with Gasteiger partial charge in [-0.3, -0.25) is 0 Å². The molecule has 0 aromatic heterocycles. The van der Waals surface area contributed by atoms with E-state index in [0.717, 1.165) is 68.3 Å². The third-order valence-corrected chi connectivity index (χ3v) is 8.44. The van der Waals surface area contributed by atoms with Gasteiger partial charge in [-0.1, -0.05) is 13.3 Å². The summed E-state index contributed by atoms with van der Waals surface area (Å²) in [5.41, 5.74) is 3.51. The summed E-state index contributed by atoms with van der Waals surface area (Å²) in [5, 5.41) is 3.71. The first-order chi connectivity index (χ1) is 15.6. The van der Waals surface area contributed by atoms with Gasteiger partial charge in [0.25, 0.3) is 0 Å². The molecule has 3 radical (unpaired) electrons. The molecule has 4 unspecified atom stereocenters. The smallest absolute Gasteiger partial charge is 0.504 e. The molecule has 2 fully saturated rings. The van der Waals surface area contributed by atoms with Crippen LogP contribution in [0.25, 0.3) is 0 Å². The van der Waals surface area contributed by atoms with Gasteiger partial charge in [0.15, 0.2) is 0 Å². The summed E-state index contributed by atoms with van der Waals surface area (Å²) < 4.78 is 11.6. The SMILES string of the molecule is CCC1CN2CCC(Nc3cccc(CC[CH2][Pb])c3C=O)C2CC1/C(=C\OC)C(=O)OC. The van der Waals surface area contributed by atoms with Gasteiger partial charge in [-0.25, -0.2) is 4.79 Å². The summed E-state index contributed by atoms with van der Waals surface area (Å²) in [4.78, 5) is 27.0. The van der Waals surface area contributed by atoms with Crippen LogP contribution < -0.4 is 5.32 Å². The van der Waals surface area contributed by atoms with Crippen molar-refractivity contribution in [3.63, 3.8) is 0 Å². The van der Waals surface area contributed by atoms with E-state index < -0.39 is 0 Å². The van der Waals surface area contributed by atoms with Gasteiger partial charge in [0.2, 0.25) is 0 Å².